The van der Waals surface area contributed by atoms with Crippen molar-refractivity contribution in [1.29, 1.82) is 0 Å². The van der Waals surface area contributed by atoms with Crippen LogP contribution < -0.4 is 15.1 Å². The average molecular weight is 273 g/mol. The van der Waals surface area contributed by atoms with Gasteiger partial charge < -0.3 is 15.1 Å². The first-order valence-corrected chi connectivity index (χ1v) is 7.33. The Balaban J connectivity index is 2.01. The maximum Gasteiger partial charge on any atom is 0.0607 e. The molecule has 1 aliphatic heterocycles. The lowest BCUT2D eigenvalue weighted by molar-refractivity contribution is 0.443. The lowest BCUT2D eigenvalue weighted by atomic mass is 10.1. The van der Waals surface area contributed by atoms with Crippen molar-refractivity contribution in [1.82, 2.24) is 5.32 Å². The lowest BCUT2D eigenvalue weighted by Crippen LogP contribution is -2.42. The van der Waals surface area contributed by atoms with Crippen LogP contribution >= 0.6 is 0 Å². The van der Waals surface area contributed by atoms with Gasteiger partial charge in [-0.15, -0.1) is 0 Å². The highest BCUT2D eigenvalue weighted by Crippen LogP contribution is 2.31. The third kappa shape index (κ3) is 3.76. The summed E-state index contributed by atoms with van der Waals surface area (Å²) in [6.07, 6.45) is 0. The summed E-state index contributed by atoms with van der Waals surface area (Å²) in [7, 11) is 2.16. The first kappa shape index (κ1) is 14.9. The van der Waals surface area contributed by atoms with Crippen molar-refractivity contribution in [2.75, 3.05) is 43.0 Å². The minimum Gasteiger partial charge on any atom is -0.371 e. The molecule has 110 valence electrons. The molecule has 1 heterocycles. The molecular formula is C17H27N3. The van der Waals surface area contributed by atoms with Gasteiger partial charge in [-0.25, -0.2) is 0 Å². The molecule has 1 N–H and O–H groups in total. The number of para-hydroxylation sites is 2. The minimum atomic E-state index is 0.142. The highest BCUT2D eigenvalue weighted by Gasteiger charge is 2.20. The molecule has 20 heavy (non-hydrogen) atoms. The largest absolute Gasteiger partial charge is 0.371 e. The van der Waals surface area contributed by atoms with Crippen LogP contribution in [0.3, 0.4) is 0 Å². The van der Waals surface area contributed by atoms with E-state index in [2.05, 4.69) is 73.8 Å². The van der Waals surface area contributed by atoms with Gasteiger partial charge in [0, 0.05) is 38.8 Å². The number of nitrogens with zero attached hydrogens (tertiary/aromatic N) is 2. The van der Waals surface area contributed by atoms with Crippen molar-refractivity contribution in [3.05, 3.63) is 36.4 Å². The summed E-state index contributed by atoms with van der Waals surface area (Å²) in [6.45, 7) is 14.7. The maximum atomic E-state index is 4.23. The standard InChI is InChI=1S/C17H27N3/c1-14(12-18-17(2,3)4)13-20-11-10-19(5)15-8-6-7-9-16(15)20/h6-9,18H,1,10-13H2,2-5H3. The molecule has 0 fully saturated rings. The van der Waals surface area contributed by atoms with Crippen molar-refractivity contribution < 1.29 is 0 Å². The Morgan fingerprint density at radius 3 is 2.50 bits per heavy atom. The summed E-state index contributed by atoms with van der Waals surface area (Å²) >= 11 is 0. The number of benzene rings is 1. The molecule has 1 aromatic rings. The number of hydrogen-bond acceptors (Lipinski definition) is 3. The summed E-state index contributed by atoms with van der Waals surface area (Å²) in [5.74, 6) is 0. The first-order valence-electron chi connectivity index (χ1n) is 7.33. The molecule has 0 aromatic heterocycles. The Morgan fingerprint density at radius 1 is 1.20 bits per heavy atom. The average Bonchev–Trinajstić information content (AvgIpc) is 2.39. The molecule has 0 unspecified atom stereocenters. The van der Waals surface area contributed by atoms with Gasteiger partial charge in [0.15, 0.2) is 0 Å². The van der Waals surface area contributed by atoms with Crippen molar-refractivity contribution >= 4 is 11.4 Å². The molecule has 0 atom stereocenters. The Labute approximate surface area is 123 Å². The number of rotatable bonds is 4. The van der Waals surface area contributed by atoms with Crippen LogP contribution in [0, 0.1) is 0 Å². The van der Waals surface area contributed by atoms with Gasteiger partial charge >= 0.3 is 0 Å². The predicted octanol–water partition coefficient (Wildman–Crippen LogP) is 2.89. The summed E-state index contributed by atoms with van der Waals surface area (Å²) in [4.78, 5) is 4.75. The van der Waals surface area contributed by atoms with Gasteiger partial charge in [0.05, 0.1) is 11.4 Å². The third-order valence-corrected chi connectivity index (χ3v) is 3.62. The summed E-state index contributed by atoms with van der Waals surface area (Å²) in [5, 5.41) is 3.51. The van der Waals surface area contributed by atoms with Crippen LogP contribution in [0.25, 0.3) is 0 Å². The van der Waals surface area contributed by atoms with Crippen LogP contribution in [-0.4, -0.2) is 38.8 Å². The highest BCUT2D eigenvalue weighted by atomic mass is 15.2. The Morgan fingerprint density at radius 2 is 1.85 bits per heavy atom. The van der Waals surface area contributed by atoms with Gasteiger partial charge in [-0.05, 0) is 38.5 Å². The molecule has 0 bridgehead atoms. The zero-order valence-corrected chi connectivity index (χ0v) is 13.2. The van der Waals surface area contributed by atoms with Crippen LogP contribution in [-0.2, 0) is 0 Å². The SMILES string of the molecule is C=C(CNC(C)(C)C)CN1CCN(C)c2ccccc21. The van der Waals surface area contributed by atoms with Crippen LogP contribution in [0.15, 0.2) is 36.4 Å². The van der Waals surface area contributed by atoms with E-state index in [1.807, 2.05) is 0 Å². The van der Waals surface area contributed by atoms with Crippen LogP contribution in [0.4, 0.5) is 11.4 Å². The van der Waals surface area contributed by atoms with Gasteiger partial charge in [0.2, 0.25) is 0 Å². The molecule has 0 aliphatic carbocycles. The fourth-order valence-corrected chi connectivity index (χ4v) is 2.45. The Hall–Kier alpha value is -1.48. The van der Waals surface area contributed by atoms with Crippen molar-refractivity contribution in [2.45, 2.75) is 26.3 Å². The zero-order valence-electron chi connectivity index (χ0n) is 13.2. The molecule has 3 nitrogen and oxygen atoms in total. The number of hydrogen-bond donors (Lipinski definition) is 1. The van der Waals surface area contributed by atoms with Crippen LogP contribution in [0.5, 0.6) is 0 Å². The van der Waals surface area contributed by atoms with Gasteiger partial charge in [0.1, 0.15) is 0 Å². The van der Waals surface area contributed by atoms with E-state index in [0.717, 1.165) is 26.2 Å². The van der Waals surface area contributed by atoms with Gasteiger partial charge in [-0.2, -0.15) is 0 Å². The number of nitrogens with one attached hydrogen (secondary N) is 1. The molecule has 0 radical (unpaired) electrons. The van der Waals surface area contributed by atoms with E-state index in [1.165, 1.54) is 16.9 Å². The maximum absolute atomic E-state index is 4.23. The summed E-state index contributed by atoms with van der Waals surface area (Å²) in [6, 6.07) is 8.61. The topological polar surface area (TPSA) is 18.5 Å². The van der Waals surface area contributed by atoms with E-state index in [-0.39, 0.29) is 5.54 Å². The molecule has 0 spiro atoms. The van der Waals surface area contributed by atoms with Crippen LogP contribution in [0.1, 0.15) is 20.8 Å². The van der Waals surface area contributed by atoms with E-state index in [9.17, 15) is 0 Å². The second kappa shape index (κ2) is 5.88. The number of anilines is 2. The van der Waals surface area contributed by atoms with E-state index in [0.29, 0.717) is 0 Å². The second-order valence-corrected chi connectivity index (χ2v) is 6.69. The van der Waals surface area contributed by atoms with Crippen molar-refractivity contribution in [2.24, 2.45) is 0 Å². The molecule has 2 rings (SSSR count). The minimum absolute atomic E-state index is 0.142. The van der Waals surface area contributed by atoms with E-state index in [1.54, 1.807) is 0 Å². The second-order valence-electron chi connectivity index (χ2n) is 6.69. The third-order valence-electron chi connectivity index (χ3n) is 3.62. The van der Waals surface area contributed by atoms with E-state index < -0.39 is 0 Å². The molecule has 0 saturated heterocycles. The monoisotopic (exact) mass is 273 g/mol. The van der Waals surface area contributed by atoms with Crippen molar-refractivity contribution in [3.8, 4) is 0 Å². The molecule has 0 amide bonds. The van der Waals surface area contributed by atoms with Crippen molar-refractivity contribution in [3.63, 3.8) is 0 Å². The van der Waals surface area contributed by atoms with E-state index >= 15 is 0 Å². The molecule has 3 heteroatoms. The molecule has 1 aliphatic rings. The van der Waals surface area contributed by atoms with E-state index in [4.69, 9.17) is 0 Å². The highest BCUT2D eigenvalue weighted by molar-refractivity contribution is 5.73. The number of fused-ring (bicyclic) bond motifs is 1. The lowest BCUT2D eigenvalue weighted by Gasteiger charge is -2.37. The smallest absolute Gasteiger partial charge is 0.0607 e. The quantitative estimate of drug-likeness (QED) is 0.851. The summed E-state index contributed by atoms with van der Waals surface area (Å²) in [5.41, 5.74) is 4.01. The fraction of sp³-hybridized carbons (Fsp3) is 0.529. The van der Waals surface area contributed by atoms with Gasteiger partial charge in [-0.1, -0.05) is 18.7 Å². The normalized spacial score (nSPS) is 15.2. The molecule has 1 aromatic carbocycles. The Bertz CT molecular complexity index is 473. The number of likely N-dealkylation sites (N-methyl/N-ethyl adjacent to an activating group) is 1. The Kier molecular flexibility index (Phi) is 4.39. The summed E-state index contributed by atoms with van der Waals surface area (Å²) < 4.78 is 0. The molecular weight excluding hydrogens is 246 g/mol. The van der Waals surface area contributed by atoms with Crippen LogP contribution in [0.2, 0.25) is 0 Å². The fourth-order valence-electron chi connectivity index (χ4n) is 2.45. The van der Waals surface area contributed by atoms with Gasteiger partial charge in [-0.3, -0.25) is 0 Å². The van der Waals surface area contributed by atoms with Gasteiger partial charge in [0.25, 0.3) is 0 Å². The predicted molar refractivity (Wildman–Crippen MR) is 88.8 cm³/mol. The first-order chi connectivity index (χ1) is 9.37. The zero-order chi connectivity index (χ0) is 14.8. The molecule has 0 saturated carbocycles.